The van der Waals surface area contributed by atoms with Crippen molar-refractivity contribution in [3.05, 3.63) is 133 Å². The van der Waals surface area contributed by atoms with E-state index in [2.05, 4.69) is 127 Å². The molecule has 0 unspecified atom stereocenters. The lowest BCUT2D eigenvalue weighted by atomic mass is 10.6. The third-order valence-electron chi connectivity index (χ3n) is 1.39. The van der Waals surface area contributed by atoms with E-state index >= 15 is 0 Å². The molecule has 0 radical (unpaired) electrons. The summed E-state index contributed by atoms with van der Waals surface area (Å²) in [5.41, 5.74) is 53.1. The van der Waals surface area contributed by atoms with Gasteiger partial charge in [0.25, 0.3) is 0 Å². The van der Waals surface area contributed by atoms with Gasteiger partial charge >= 0.3 is 0 Å². The van der Waals surface area contributed by atoms with Gasteiger partial charge in [-0.05, 0) is 52.4 Å². The van der Waals surface area contributed by atoms with Crippen molar-refractivity contribution >= 4 is 5.94 Å². The first-order valence-electron chi connectivity index (χ1n) is 6.06. The average molecular weight is 306 g/mol. The Kier molecular flexibility index (Phi) is 14.6. The van der Waals surface area contributed by atoms with E-state index in [1.54, 1.807) is 0 Å². The molecule has 0 bridgehead atoms. The molecule has 1 heteroatoms. The van der Waals surface area contributed by atoms with E-state index in [0.717, 1.165) is 0 Å². The van der Waals surface area contributed by atoms with Gasteiger partial charge in [0, 0.05) is 74.5 Å². The molecule has 0 N–H and O–H groups in total. The van der Waals surface area contributed by atoms with Crippen LogP contribution in [0, 0.1) is 0 Å². The summed E-state index contributed by atoms with van der Waals surface area (Å²) in [7, 11) is 0. The van der Waals surface area contributed by atoms with E-state index in [1.165, 1.54) is 5.94 Å². The molecule has 0 aliphatic rings. The lowest BCUT2D eigenvalue weighted by Gasteiger charge is -1.40. The smallest absolute Gasteiger partial charge is 0.186 e. The van der Waals surface area contributed by atoms with Crippen LogP contribution in [-0.4, -0.2) is 5.94 Å². The monoisotopic (exact) mass is 306 g/mol. The fraction of sp³-hybridized carbons (Fsp3) is 0. The highest BCUT2D eigenvalue weighted by atomic mass is 16.1. The third kappa shape index (κ3) is 18.6. The van der Waals surface area contributed by atoms with Crippen LogP contribution in [0.1, 0.15) is 0 Å². The molecule has 0 fully saturated rings. The minimum atomic E-state index is 1.37. The van der Waals surface area contributed by atoms with Crippen LogP contribution in [0.2, 0.25) is 0 Å². The maximum atomic E-state index is 9.72. The van der Waals surface area contributed by atoms with Gasteiger partial charge in [0.15, 0.2) is 5.94 Å². The number of hydrogen-bond donors (Lipinski definition) is 0. The zero-order chi connectivity index (χ0) is 18.3. The molecule has 0 amide bonds. The molecule has 0 aromatic rings. The molecule has 0 aromatic carbocycles. The van der Waals surface area contributed by atoms with Crippen molar-refractivity contribution in [3.63, 3.8) is 0 Å². The van der Waals surface area contributed by atoms with Crippen LogP contribution in [0.4, 0.5) is 0 Å². The lowest BCUT2D eigenvalue weighted by Crippen LogP contribution is -1.29. The van der Waals surface area contributed by atoms with E-state index < -0.39 is 0 Å². The number of carbonyl (C=O) groups excluding carboxylic acids is 1. The Morgan fingerprint density at radius 1 is 0.320 bits per heavy atom. The van der Waals surface area contributed by atoms with Gasteiger partial charge in [-0.15, -0.1) is 0 Å². The van der Waals surface area contributed by atoms with Crippen molar-refractivity contribution in [2.24, 2.45) is 0 Å². The minimum Gasteiger partial charge on any atom is -0.223 e. The Balaban J connectivity index is 5.88. The van der Waals surface area contributed by atoms with Crippen molar-refractivity contribution in [3.8, 4) is 0 Å². The first-order chi connectivity index (χ1) is 12.4. The average Bonchev–Trinajstić information content (AvgIpc) is 2.63. The van der Waals surface area contributed by atoms with Crippen molar-refractivity contribution in [2.45, 2.75) is 0 Å². The van der Waals surface area contributed by atoms with Crippen LogP contribution in [-0.2, 0) is 4.79 Å². The fourth-order valence-corrected chi connectivity index (χ4v) is 0.663. The van der Waals surface area contributed by atoms with Crippen molar-refractivity contribution in [1.82, 2.24) is 0 Å². The second kappa shape index (κ2) is 18.6. The Morgan fingerprint density at radius 3 is 0.720 bits per heavy atom. The highest BCUT2D eigenvalue weighted by Crippen LogP contribution is 1.58. The minimum absolute atomic E-state index is 1.37. The summed E-state index contributed by atoms with van der Waals surface area (Å²) in [5.74, 6) is 1.37. The molecule has 0 spiro atoms. The van der Waals surface area contributed by atoms with Gasteiger partial charge in [-0.3, -0.25) is 0 Å². The Morgan fingerprint density at radius 2 is 0.520 bits per heavy atom. The third-order valence-corrected chi connectivity index (χ3v) is 1.39. The summed E-state index contributed by atoms with van der Waals surface area (Å²) in [6.07, 6.45) is 0. The largest absolute Gasteiger partial charge is 0.223 e. The first kappa shape index (κ1) is 19.6. The summed E-state index contributed by atoms with van der Waals surface area (Å²) >= 11 is 0. The van der Waals surface area contributed by atoms with Crippen molar-refractivity contribution in [1.29, 1.82) is 0 Å². The Hall–Kier alpha value is -5.39. The standard InChI is InChI=1S/C24H2O/c1-2-3-4-5-6-7-8-9-10-11-12-13-14-15-16-17-18-19-20-21-22-23-24-25/h1H2. The summed E-state index contributed by atoms with van der Waals surface area (Å²) in [6.45, 7) is 3.30. The molecule has 25 heavy (non-hydrogen) atoms. The molecule has 0 heterocycles. The topological polar surface area (TPSA) is 17.1 Å². The van der Waals surface area contributed by atoms with Gasteiger partial charge in [-0.25, -0.2) is 4.79 Å². The molecule has 0 aliphatic heterocycles. The van der Waals surface area contributed by atoms with Crippen LogP contribution >= 0.6 is 0 Å². The van der Waals surface area contributed by atoms with E-state index in [1.807, 2.05) is 5.73 Å². The molecule has 104 valence electrons. The fourth-order valence-electron chi connectivity index (χ4n) is 0.663. The van der Waals surface area contributed by atoms with Crippen LogP contribution in [0.25, 0.3) is 0 Å². The maximum Gasteiger partial charge on any atom is 0.186 e. The van der Waals surface area contributed by atoms with Crippen LogP contribution in [0.5, 0.6) is 0 Å². The van der Waals surface area contributed by atoms with Gasteiger partial charge in [0.2, 0.25) is 0 Å². The molecule has 0 aromatic heterocycles. The highest BCUT2D eigenvalue weighted by Gasteiger charge is 1.42. The Bertz CT molecular complexity index is 1300. The molecule has 1 nitrogen and oxygen atoms in total. The second-order valence-electron chi connectivity index (χ2n) is 2.90. The molecule has 0 saturated carbocycles. The van der Waals surface area contributed by atoms with E-state index in [0.29, 0.717) is 0 Å². The van der Waals surface area contributed by atoms with Crippen LogP contribution < -0.4 is 0 Å². The lowest BCUT2D eigenvalue weighted by molar-refractivity contribution is 0.569. The SMILES string of the molecule is C=C=C=C=C=C=C=C=C=C=C=C=C=C=C=C=C=C=C=C=C=C=C=C=O. The van der Waals surface area contributed by atoms with E-state index in [-0.39, 0.29) is 0 Å². The molecule has 0 rings (SSSR count). The quantitative estimate of drug-likeness (QED) is 0.495. The number of rotatable bonds is 0. The van der Waals surface area contributed by atoms with E-state index in [9.17, 15) is 4.79 Å². The van der Waals surface area contributed by atoms with Gasteiger partial charge in [0.05, 0.1) is 0 Å². The zero-order valence-electron chi connectivity index (χ0n) is 12.6. The molecular formula is C24H2O. The summed E-state index contributed by atoms with van der Waals surface area (Å²) in [4.78, 5) is 9.72. The zero-order valence-corrected chi connectivity index (χ0v) is 12.6. The van der Waals surface area contributed by atoms with E-state index in [4.69, 9.17) is 0 Å². The van der Waals surface area contributed by atoms with Gasteiger partial charge in [0.1, 0.15) is 0 Å². The van der Waals surface area contributed by atoms with Gasteiger partial charge < -0.3 is 0 Å². The van der Waals surface area contributed by atoms with Crippen LogP contribution in [0.3, 0.4) is 0 Å². The number of hydrogen-bond acceptors (Lipinski definition) is 1. The van der Waals surface area contributed by atoms with Crippen LogP contribution in [0.15, 0.2) is 133 Å². The van der Waals surface area contributed by atoms with Gasteiger partial charge in [-0.2, -0.15) is 0 Å². The summed E-state index contributed by atoms with van der Waals surface area (Å²) in [5, 5.41) is 0. The maximum absolute atomic E-state index is 9.72. The molecule has 0 atom stereocenters. The molecular weight excluding hydrogens is 304 g/mol. The molecule has 0 saturated heterocycles. The Labute approximate surface area is 143 Å². The first-order valence-corrected chi connectivity index (χ1v) is 6.06. The summed E-state index contributed by atoms with van der Waals surface area (Å²) in [6, 6.07) is 0. The predicted molar refractivity (Wildman–Crippen MR) is 88.6 cm³/mol. The molecule has 0 aliphatic carbocycles. The second-order valence-corrected chi connectivity index (χ2v) is 2.90. The highest BCUT2D eigenvalue weighted by molar-refractivity contribution is 5.43. The van der Waals surface area contributed by atoms with Crippen molar-refractivity contribution in [2.75, 3.05) is 0 Å². The van der Waals surface area contributed by atoms with Crippen molar-refractivity contribution < 1.29 is 4.79 Å². The van der Waals surface area contributed by atoms with Gasteiger partial charge in [-0.1, -0.05) is 5.73 Å². The summed E-state index contributed by atoms with van der Waals surface area (Å²) < 4.78 is 0. The predicted octanol–water partition coefficient (Wildman–Crippen LogP) is 3.42. The normalized spacial score (nSPS) is 3.84.